The second-order valence-corrected chi connectivity index (χ2v) is 12.0. The number of sulfonamides is 1. The molecule has 2 aromatic rings. The summed E-state index contributed by atoms with van der Waals surface area (Å²) >= 11 is 6.02. The van der Waals surface area contributed by atoms with Crippen LogP contribution in [-0.2, 0) is 26.2 Å². The van der Waals surface area contributed by atoms with E-state index in [0.29, 0.717) is 29.5 Å². The van der Waals surface area contributed by atoms with Crippen molar-refractivity contribution in [1.82, 2.24) is 10.2 Å². The molecule has 0 bridgehead atoms. The van der Waals surface area contributed by atoms with Crippen molar-refractivity contribution < 1.29 is 22.7 Å². The van der Waals surface area contributed by atoms with Crippen LogP contribution in [0.2, 0.25) is 5.02 Å². The number of carbonyl (C=O) groups excluding carboxylic acids is 2. The molecule has 38 heavy (non-hydrogen) atoms. The highest BCUT2D eigenvalue weighted by molar-refractivity contribution is 7.92. The highest BCUT2D eigenvalue weighted by Crippen LogP contribution is 2.23. The van der Waals surface area contributed by atoms with Crippen LogP contribution < -0.4 is 14.4 Å². The molecule has 0 heterocycles. The van der Waals surface area contributed by atoms with Gasteiger partial charge in [0.15, 0.2) is 0 Å². The van der Waals surface area contributed by atoms with Crippen LogP contribution in [0.15, 0.2) is 48.5 Å². The predicted octanol–water partition coefficient (Wildman–Crippen LogP) is 4.76. The molecule has 0 unspecified atom stereocenters. The van der Waals surface area contributed by atoms with Crippen LogP contribution in [0, 0.1) is 0 Å². The van der Waals surface area contributed by atoms with E-state index in [-0.39, 0.29) is 37.4 Å². The van der Waals surface area contributed by atoms with E-state index >= 15 is 0 Å². The first-order valence-corrected chi connectivity index (χ1v) is 15.4. The fourth-order valence-electron chi connectivity index (χ4n) is 4.64. The van der Waals surface area contributed by atoms with E-state index in [1.54, 1.807) is 48.2 Å². The third kappa shape index (κ3) is 8.63. The average Bonchev–Trinajstić information content (AvgIpc) is 3.39. The minimum atomic E-state index is -3.57. The topological polar surface area (TPSA) is 96.0 Å². The lowest BCUT2D eigenvalue weighted by Gasteiger charge is -2.30. The first-order valence-electron chi connectivity index (χ1n) is 13.1. The molecule has 1 fully saturated rings. The number of nitrogens with one attached hydrogen (secondary N) is 1. The lowest BCUT2D eigenvalue weighted by atomic mass is 10.1. The number of nitrogens with zero attached hydrogens (tertiary/aromatic N) is 2. The smallest absolute Gasteiger partial charge is 0.242 e. The molecule has 2 aromatic carbocycles. The zero-order chi connectivity index (χ0) is 27.7. The van der Waals surface area contributed by atoms with Crippen molar-refractivity contribution >= 4 is 39.1 Å². The van der Waals surface area contributed by atoms with Gasteiger partial charge in [-0.2, -0.15) is 0 Å². The number of halogens is 1. The summed E-state index contributed by atoms with van der Waals surface area (Å²) in [5.41, 5.74) is 1.36. The second-order valence-electron chi connectivity index (χ2n) is 9.68. The number of carbonyl (C=O) groups is 2. The van der Waals surface area contributed by atoms with Gasteiger partial charge in [-0.15, -0.1) is 0 Å². The van der Waals surface area contributed by atoms with Gasteiger partial charge >= 0.3 is 0 Å². The van der Waals surface area contributed by atoms with E-state index in [4.69, 9.17) is 16.3 Å². The van der Waals surface area contributed by atoms with Crippen LogP contribution in [0.4, 0.5) is 5.69 Å². The maximum atomic E-state index is 13.4. The number of hydrogen-bond donors (Lipinski definition) is 1. The van der Waals surface area contributed by atoms with Gasteiger partial charge in [0, 0.05) is 30.6 Å². The van der Waals surface area contributed by atoms with Crippen molar-refractivity contribution in [1.29, 1.82) is 0 Å². The summed E-state index contributed by atoms with van der Waals surface area (Å²) in [6, 6.07) is 13.5. The van der Waals surface area contributed by atoms with Crippen molar-refractivity contribution in [2.75, 3.05) is 23.7 Å². The molecule has 3 rings (SSSR count). The number of anilines is 1. The number of benzene rings is 2. The summed E-state index contributed by atoms with van der Waals surface area (Å²) in [6.45, 7) is 4.52. The summed E-state index contributed by atoms with van der Waals surface area (Å²) < 4.78 is 31.8. The Balaban J connectivity index is 1.69. The Kier molecular flexibility index (Phi) is 10.8. The summed E-state index contributed by atoms with van der Waals surface area (Å²) in [5.74, 6) is 0.267. The van der Waals surface area contributed by atoms with Crippen LogP contribution in [-0.4, -0.2) is 56.6 Å². The molecule has 1 aliphatic carbocycles. The monoisotopic (exact) mass is 563 g/mol. The van der Waals surface area contributed by atoms with Crippen LogP contribution in [0.5, 0.6) is 5.75 Å². The predicted molar refractivity (Wildman–Crippen MR) is 151 cm³/mol. The van der Waals surface area contributed by atoms with Crippen LogP contribution in [0.25, 0.3) is 0 Å². The molecular weight excluding hydrogens is 526 g/mol. The Morgan fingerprint density at radius 2 is 1.71 bits per heavy atom. The van der Waals surface area contributed by atoms with Gasteiger partial charge in [0.1, 0.15) is 11.8 Å². The first kappa shape index (κ1) is 29.8. The maximum absolute atomic E-state index is 13.4. The zero-order valence-electron chi connectivity index (χ0n) is 22.4. The van der Waals surface area contributed by atoms with Crippen molar-refractivity contribution in [3.63, 3.8) is 0 Å². The van der Waals surface area contributed by atoms with Gasteiger partial charge in [0.25, 0.3) is 0 Å². The Morgan fingerprint density at radius 1 is 1.08 bits per heavy atom. The van der Waals surface area contributed by atoms with Crippen molar-refractivity contribution in [3.05, 3.63) is 59.1 Å². The summed E-state index contributed by atoms with van der Waals surface area (Å²) in [4.78, 5) is 28.0. The first-order chi connectivity index (χ1) is 18.1. The molecule has 1 N–H and O–H groups in total. The quantitative estimate of drug-likeness (QED) is 0.379. The zero-order valence-corrected chi connectivity index (χ0v) is 23.9. The van der Waals surface area contributed by atoms with Crippen LogP contribution >= 0.6 is 11.6 Å². The SMILES string of the molecule is CCOc1ccc(N(CCCC(=O)N(Cc2ccc(Cl)cc2)[C@@H](C)C(=O)NC2CCCC2)S(C)(=O)=O)cc1. The number of amides is 2. The van der Waals surface area contributed by atoms with E-state index in [1.807, 2.05) is 19.1 Å². The lowest BCUT2D eigenvalue weighted by molar-refractivity contribution is -0.141. The molecule has 1 aliphatic rings. The molecular formula is C28H38ClN3O5S. The highest BCUT2D eigenvalue weighted by atomic mass is 35.5. The van der Waals surface area contributed by atoms with E-state index in [2.05, 4.69) is 5.32 Å². The van der Waals surface area contributed by atoms with Gasteiger partial charge in [-0.3, -0.25) is 13.9 Å². The molecule has 0 aromatic heterocycles. The molecule has 1 atom stereocenters. The molecule has 0 spiro atoms. The molecule has 1 saturated carbocycles. The molecule has 2 amide bonds. The number of ether oxygens (including phenoxy) is 1. The van der Waals surface area contributed by atoms with Gasteiger partial charge in [-0.05, 0) is 75.1 Å². The van der Waals surface area contributed by atoms with Gasteiger partial charge < -0.3 is 15.0 Å². The summed E-state index contributed by atoms with van der Waals surface area (Å²) in [5, 5.41) is 3.68. The fraction of sp³-hybridized carbons (Fsp3) is 0.500. The third-order valence-electron chi connectivity index (χ3n) is 6.72. The summed E-state index contributed by atoms with van der Waals surface area (Å²) in [7, 11) is -3.57. The van der Waals surface area contributed by atoms with Gasteiger partial charge in [-0.25, -0.2) is 8.42 Å². The van der Waals surface area contributed by atoms with E-state index in [0.717, 1.165) is 37.5 Å². The number of rotatable bonds is 13. The molecule has 208 valence electrons. The van der Waals surface area contributed by atoms with Crippen molar-refractivity contribution in [2.45, 2.75) is 71.0 Å². The Morgan fingerprint density at radius 3 is 2.29 bits per heavy atom. The van der Waals surface area contributed by atoms with Gasteiger partial charge in [-0.1, -0.05) is 36.6 Å². The van der Waals surface area contributed by atoms with Gasteiger partial charge in [0.2, 0.25) is 21.8 Å². The fourth-order valence-corrected chi connectivity index (χ4v) is 5.73. The average molecular weight is 564 g/mol. The standard InChI is InChI=1S/C28H38ClN3O5S/c1-4-37-26-17-15-25(16-18-26)32(38(3,35)36)19-7-10-27(33)31(20-22-11-13-23(29)14-12-22)21(2)28(34)30-24-8-5-6-9-24/h11-18,21,24H,4-10,19-20H2,1-3H3,(H,30,34)/t21-/m0/s1. The maximum Gasteiger partial charge on any atom is 0.242 e. The minimum Gasteiger partial charge on any atom is -0.494 e. The lowest BCUT2D eigenvalue weighted by Crippen LogP contribution is -2.49. The van der Waals surface area contributed by atoms with Gasteiger partial charge in [0.05, 0.1) is 18.6 Å². The Hall–Kier alpha value is -2.78. The molecule has 0 radical (unpaired) electrons. The van der Waals surface area contributed by atoms with E-state index < -0.39 is 16.1 Å². The minimum absolute atomic E-state index is 0.0949. The Bertz CT molecular complexity index is 1170. The second kappa shape index (κ2) is 13.8. The van der Waals surface area contributed by atoms with Crippen molar-refractivity contribution in [3.8, 4) is 5.75 Å². The van der Waals surface area contributed by atoms with E-state index in [9.17, 15) is 18.0 Å². The largest absolute Gasteiger partial charge is 0.494 e. The summed E-state index contributed by atoms with van der Waals surface area (Å²) in [6.07, 6.45) is 5.64. The van der Waals surface area contributed by atoms with Crippen LogP contribution in [0.1, 0.15) is 57.9 Å². The normalized spacial score (nSPS) is 14.6. The molecule has 10 heteroatoms. The van der Waals surface area contributed by atoms with Crippen LogP contribution in [0.3, 0.4) is 0 Å². The molecule has 0 aliphatic heterocycles. The van der Waals surface area contributed by atoms with Crippen molar-refractivity contribution in [2.24, 2.45) is 0 Å². The molecule has 8 nitrogen and oxygen atoms in total. The Labute approximate surface area is 231 Å². The molecule has 0 saturated heterocycles. The highest BCUT2D eigenvalue weighted by Gasteiger charge is 2.28. The number of hydrogen-bond acceptors (Lipinski definition) is 5. The third-order valence-corrected chi connectivity index (χ3v) is 8.17. The van der Waals surface area contributed by atoms with E-state index in [1.165, 1.54) is 4.31 Å².